The molecular formula is C27H28N2O2S2. The molecule has 33 heavy (non-hydrogen) atoms. The van der Waals surface area contributed by atoms with Crippen LogP contribution in [0.15, 0.2) is 94.7 Å². The molecule has 3 aromatic carbocycles. The molecule has 0 saturated carbocycles. The fourth-order valence-corrected chi connectivity index (χ4v) is 7.00. The van der Waals surface area contributed by atoms with Crippen LogP contribution in [0.25, 0.3) is 0 Å². The Hall–Kier alpha value is -2.70. The van der Waals surface area contributed by atoms with Crippen LogP contribution in [-0.2, 0) is 10.0 Å². The van der Waals surface area contributed by atoms with Gasteiger partial charge in [0.2, 0.25) is 0 Å². The molecule has 0 aromatic heterocycles. The van der Waals surface area contributed by atoms with Crippen LogP contribution >= 0.6 is 11.8 Å². The molecule has 1 N–H and O–H groups in total. The molecule has 0 spiro atoms. The fraction of sp³-hybridized carbons (Fsp3) is 0.259. The predicted octanol–water partition coefficient (Wildman–Crippen LogP) is 6.45. The highest BCUT2D eigenvalue weighted by atomic mass is 32.2. The molecule has 3 aromatic rings. The first-order valence-electron chi connectivity index (χ1n) is 11.3. The number of fused-ring (bicyclic) bond motifs is 3. The van der Waals surface area contributed by atoms with Gasteiger partial charge < -0.3 is 5.32 Å². The van der Waals surface area contributed by atoms with E-state index in [0.717, 1.165) is 17.7 Å². The van der Waals surface area contributed by atoms with Gasteiger partial charge in [-0.2, -0.15) is 0 Å². The molecular weight excluding hydrogens is 448 g/mol. The molecule has 1 heterocycles. The van der Waals surface area contributed by atoms with E-state index in [2.05, 4.69) is 48.0 Å². The van der Waals surface area contributed by atoms with E-state index in [-0.39, 0.29) is 12.0 Å². The van der Waals surface area contributed by atoms with E-state index in [1.165, 1.54) is 14.8 Å². The standard InChI is InChI=1S/C27H28N2O2S2/c1-3-29(20-8-5-4-6-9-20)33(30,31)22-16-17-26-25(18-22)23-10-7-11-24(23)27(28-26)19-12-14-21(32-2)15-13-19/h4-10,12-18,23-24,27-28H,3,11H2,1-2H3. The summed E-state index contributed by atoms with van der Waals surface area (Å²) in [6, 6.07) is 23.8. The topological polar surface area (TPSA) is 49.4 Å². The minimum Gasteiger partial charge on any atom is -0.378 e. The molecule has 3 atom stereocenters. The molecule has 5 rings (SSSR count). The number of para-hydroxylation sites is 1. The van der Waals surface area contributed by atoms with Crippen molar-refractivity contribution in [3.63, 3.8) is 0 Å². The SMILES string of the molecule is CCN(c1ccccc1)S(=O)(=O)c1ccc2c(c1)C1C=CCC1C(c1ccc(SC)cc1)N2. The predicted molar refractivity (Wildman–Crippen MR) is 138 cm³/mol. The number of anilines is 2. The maximum absolute atomic E-state index is 13.6. The summed E-state index contributed by atoms with van der Waals surface area (Å²) in [4.78, 5) is 1.60. The monoisotopic (exact) mass is 476 g/mol. The van der Waals surface area contributed by atoms with Gasteiger partial charge in [0.1, 0.15) is 0 Å². The van der Waals surface area contributed by atoms with Gasteiger partial charge in [0.05, 0.1) is 16.6 Å². The quantitative estimate of drug-likeness (QED) is 0.328. The van der Waals surface area contributed by atoms with E-state index < -0.39 is 10.0 Å². The summed E-state index contributed by atoms with van der Waals surface area (Å²) in [7, 11) is -3.66. The Labute approximate surface area is 200 Å². The Morgan fingerprint density at radius 3 is 2.48 bits per heavy atom. The number of nitrogens with one attached hydrogen (secondary N) is 1. The highest BCUT2D eigenvalue weighted by Gasteiger charge is 2.38. The lowest BCUT2D eigenvalue weighted by Crippen LogP contribution is -2.32. The van der Waals surface area contributed by atoms with Gasteiger partial charge in [-0.15, -0.1) is 11.8 Å². The Morgan fingerprint density at radius 2 is 1.79 bits per heavy atom. The lowest BCUT2D eigenvalue weighted by atomic mass is 9.77. The van der Waals surface area contributed by atoms with Gasteiger partial charge in [-0.3, -0.25) is 4.31 Å². The molecule has 4 nitrogen and oxygen atoms in total. The Balaban J connectivity index is 1.51. The van der Waals surface area contributed by atoms with Crippen molar-refractivity contribution in [1.29, 1.82) is 0 Å². The molecule has 3 unspecified atom stereocenters. The average molecular weight is 477 g/mol. The summed E-state index contributed by atoms with van der Waals surface area (Å²) in [6.45, 7) is 2.24. The maximum Gasteiger partial charge on any atom is 0.264 e. The summed E-state index contributed by atoms with van der Waals surface area (Å²) in [5.74, 6) is 0.570. The largest absolute Gasteiger partial charge is 0.378 e. The molecule has 0 fully saturated rings. The zero-order chi connectivity index (χ0) is 23.0. The Bertz CT molecular complexity index is 1270. The fourth-order valence-electron chi connectivity index (χ4n) is 5.09. The second kappa shape index (κ2) is 8.92. The van der Waals surface area contributed by atoms with Crippen molar-refractivity contribution in [2.45, 2.75) is 35.1 Å². The molecule has 6 heteroatoms. The number of rotatable bonds is 6. The maximum atomic E-state index is 13.6. The number of allylic oxidation sites excluding steroid dienone is 2. The van der Waals surface area contributed by atoms with E-state index in [0.29, 0.717) is 23.0 Å². The van der Waals surface area contributed by atoms with Gasteiger partial charge in [0, 0.05) is 23.0 Å². The van der Waals surface area contributed by atoms with Crippen LogP contribution in [0.1, 0.15) is 36.4 Å². The summed E-state index contributed by atoms with van der Waals surface area (Å²) in [5.41, 5.74) is 4.04. The molecule has 170 valence electrons. The van der Waals surface area contributed by atoms with Gasteiger partial charge in [0.25, 0.3) is 10.0 Å². The summed E-state index contributed by atoms with van der Waals surface area (Å²) < 4.78 is 28.6. The minimum absolute atomic E-state index is 0.201. The smallest absolute Gasteiger partial charge is 0.264 e. The van der Waals surface area contributed by atoms with Crippen LogP contribution in [0.5, 0.6) is 0 Å². The van der Waals surface area contributed by atoms with Crippen molar-refractivity contribution < 1.29 is 8.42 Å². The Kier molecular flexibility index (Phi) is 5.97. The van der Waals surface area contributed by atoms with Gasteiger partial charge in [0.15, 0.2) is 0 Å². The lowest BCUT2D eigenvalue weighted by Gasteiger charge is -2.38. The third kappa shape index (κ3) is 3.96. The Morgan fingerprint density at radius 1 is 1.03 bits per heavy atom. The van der Waals surface area contributed by atoms with E-state index in [1.807, 2.05) is 49.4 Å². The van der Waals surface area contributed by atoms with Crippen molar-refractivity contribution in [2.24, 2.45) is 5.92 Å². The normalized spacial score (nSPS) is 21.2. The second-order valence-corrected chi connectivity index (χ2v) is 11.2. The summed E-state index contributed by atoms with van der Waals surface area (Å²) in [6.07, 6.45) is 7.55. The van der Waals surface area contributed by atoms with Gasteiger partial charge in [-0.25, -0.2) is 8.42 Å². The zero-order valence-corrected chi connectivity index (χ0v) is 20.4. The third-order valence-corrected chi connectivity index (χ3v) is 9.37. The van der Waals surface area contributed by atoms with Crippen molar-refractivity contribution in [2.75, 3.05) is 22.4 Å². The summed E-state index contributed by atoms with van der Waals surface area (Å²) >= 11 is 1.74. The number of thioether (sulfide) groups is 1. The molecule has 1 aliphatic carbocycles. The van der Waals surface area contributed by atoms with Crippen molar-refractivity contribution >= 4 is 33.2 Å². The van der Waals surface area contributed by atoms with E-state index in [9.17, 15) is 8.42 Å². The lowest BCUT2D eigenvalue weighted by molar-refractivity contribution is 0.425. The first-order valence-corrected chi connectivity index (χ1v) is 14.0. The first-order chi connectivity index (χ1) is 16.0. The van der Waals surface area contributed by atoms with E-state index in [4.69, 9.17) is 0 Å². The van der Waals surface area contributed by atoms with Crippen LogP contribution < -0.4 is 9.62 Å². The molecule has 0 saturated heterocycles. The minimum atomic E-state index is -3.66. The highest BCUT2D eigenvalue weighted by Crippen LogP contribution is 2.50. The van der Waals surface area contributed by atoms with Crippen molar-refractivity contribution in [3.05, 3.63) is 96.1 Å². The van der Waals surface area contributed by atoms with E-state index in [1.54, 1.807) is 17.8 Å². The number of nitrogens with zero attached hydrogens (tertiary/aromatic N) is 1. The van der Waals surface area contributed by atoms with Crippen molar-refractivity contribution in [1.82, 2.24) is 0 Å². The number of hydrogen-bond donors (Lipinski definition) is 1. The first kappa shape index (κ1) is 22.1. The molecule has 2 aliphatic rings. The second-order valence-electron chi connectivity index (χ2n) is 8.50. The van der Waals surface area contributed by atoms with Crippen LogP contribution in [-0.4, -0.2) is 21.2 Å². The number of hydrogen-bond acceptors (Lipinski definition) is 4. The molecule has 0 amide bonds. The summed E-state index contributed by atoms with van der Waals surface area (Å²) in [5, 5.41) is 3.72. The zero-order valence-electron chi connectivity index (χ0n) is 18.8. The molecule has 0 radical (unpaired) electrons. The van der Waals surface area contributed by atoms with Crippen LogP contribution in [0.4, 0.5) is 11.4 Å². The van der Waals surface area contributed by atoms with Gasteiger partial charge in [-0.05, 0) is 79.1 Å². The van der Waals surface area contributed by atoms with Crippen LogP contribution in [0, 0.1) is 5.92 Å². The highest BCUT2D eigenvalue weighted by molar-refractivity contribution is 7.98. The third-order valence-electron chi connectivity index (χ3n) is 6.73. The van der Waals surface area contributed by atoms with Crippen molar-refractivity contribution in [3.8, 4) is 0 Å². The number of benzene rings is 3. The van der Waals surface area contributed by atoms with Gasteiger partial charge in [-0.1, -0.05) is 42.5 Å². The van der Waals surface area contributed by atoms with E-state index >= 15 is 0 Å². The number of sulfonamides is 1. The molecule has 1 aliphatic heterocycles. The van der Waals surface area contributed by atoms with Gasteiger partial charge >= 0.3 is 0 Å². The molecule has 0 bridgehead atoms. The van der Waals surface area contributed by atoms with Crippen LogP contribution in [0.2, 0.25) is 0 Å². The average Bonchev–Trinajstić information content (AvgIpc) is 3.35. The van der Waals surface area contributed by atoms with Crippen LogP contribution in [0.3, 0.4) is 0 Å².